The van der Waals surface area contributed by atoms with Gasteiger partial charge in [-0.25, -0.2) is 0 Å². The van der Waals surface area contributed by atoms with Crippen molar-refractivity contribution in [2.45, 2.75) is 18.6 Å². The fourth-order valence-corrected chi connectivity index (χ4v) is 5.51. The van der Waals surface area contributed by atoms with Crippen molar-refractivity contribution in [3.8, 4) is 0 Å². The van der Waals surface area contributed by atoms with Crippen molar-refractivity contribution in [1.82, 2.24) is 4.90 Å². The van der Waals surface area contributed by atoms with Crippen LogP contribution in [0.15, 0.2) is 102 Å². The van der Waals surface area contributed by atoms with Gasteiger partial charge in [0.15, 0.2) is 5.17 Å². The van der Waals surface area contributed by atoms with E-state index in [9.17, 15) is 4.79 Å². The Morgan fingerprint density at radius 2 is 1.62 bits per heavy atom. The highest BCUT2D eigenvalue weighted by Gasteiger charge is 2.37. The molecule has 0 saturated carbocycles. The first kappa shape index (κ1) is 22.1. The Kier molecular flexibility index (Phi) is 6.28. The number of carbonyl (C=O) groups excluding carboxylic acids is 1. The van der Waals surface area contributed by atoms with Gasteiger partial charge in [0.2, 0.25) is 5.91 Å². The molecule has 1 fully saturated rings. The van der Waals surface area contributed by atoms with Crippen LogP contribution in [0.4, 0.5) is 0 Å². The first-order valence-corrected chi connectivity index (χ1v) is 12.2. The number of rotatable bonds is 6. The predicted molar refractivity (Wildman–Crippen MR) is 145 cm³/mol. The maximum atomic E-state index is 13.1. The van der Waals surface area contributed by atoms with Gasteiger partial charge in [0, 0.05) is 12.1 Å². The molecule has 1 heterocycles. The summed E-state index contributed by atoms with van der Waals surface area (Å²) in [5.74, 6) is 0.0534. The fourth-order valence-electron chi connectivity index (χ4n) is 4.38. The predicted octanol–water partition coefficient (Wildman–Crippen LogP) is 6.36. The summed E-state index contributed by atoms with van der Waals surface area (Å²) < 4.78 is 0. The summed E-state index contributed by atoms with van der Waals surface area (Å²) in [6, 6.07) is 27.0. The van der Waals surface area contributed by atoms with Crippen LogP contribution in [0.5, 0.6) is 0 Å². The highest BCUT2D eigenvalue weighted by Crippen LogP contribution is 2.31. The third-order valence-electron chi connectivity index (χ3n) is 6.14. The number of fused-ring (bicyclic) bond motifs is 2. The Hall–Kier alpha value is -3.70. The molecule has 1 amide bonds. The van der Waals surface area contributed by atoms with Gasteiger partial charge >= 0.3 is 0 Å². The molecule has 1 aliphatic heterocycles. The molecule has 4 nitrogen and oxygen atoms in total. The molecule has 1 saturated heterocycles. The van der Waals surface area contributed by atoms with Gasteiger partial charge in [-0.05, 0) is 52.1 Å². The number of benzene rings is 4. The summed E-state index contributed by atoms with van der Waals surface area (Å²) in [5.41, 5.74) is 3.40. The van der Waals surface area contributed by atoms with Crippen LogP contribution in [0.25, 0.3) is 21.5 Å². The minimum Gasteiger partial charge on any atom is -0.285 e. The maximum absolute atomic E-state index is 13.1. The van der Waals surface area contributed by atoms with E-state index in [4.69, 9.17) is 0 Å². The Balaban J connectivity index is 1.48. The summed E-state index contributed by atoms with van der Waals surface area (Å²) in [7, 11) is 0. The minimum atomic E-state index is -0.214. The molecule has 0 spiro atoms. The lowest BCUT2D eigenvalue weighted by molar-refractivity contribution is -0.125. The van der Waals surface area contributed by atoms with Crippen molar-refractivity contribution in [1.29, 1.82) is 0 Å². The van der Waals surface area contributed by atoms with Crippen molar-refractivity contribution >= 4 is 50.6 Å². The zero-order valence-electron chi connectivity index (χ0n) is 19.0. The molecule has 5 rings (SSSR count). The van der Waals surface area contributed by atoms with Crippen molar-refractivity contribution < 1.29 is 4.79 Å². The second-order valence-electron chi connectivity index (χ2n) is 8.33. The molecule has 0 bridgehead atoms. The van der Waals surface area contributed by atoms with Gasteiger partial charge in [-0.2, -0.15) is 5.10 Å². The molecular weight excluding hydrogens is 438 g/mol. The molecule has 4 aromatic carbocycles. The largest absolute Gasteiger partial charge is 0.285 e. The van der Waals surface area contributed by atoms with Crippen LogP contribution < -0.4 is 0 Å². The number of amidine groups is 1. The molecule has 4 aromatic rings. The van der Waals surface area contributed by atoms with Gasteiger partial charge in [-0.15, -0.1) is 11.7 Å². The number of hydrogen-bond donors (Lipinski definition) is 0. The van der Waals surface area contributed by atoms with Gasteiger partial charge in [0.25, 0.3) is 0 Å². The Morgan fingerprint density at radius 3 is 2.29 bits per heavy atom. The molecule has 0 aliphatic carbocycles. The Morgan fingerprint density at radius 1 is 0.971 bits per heavy atom. The van der Waals surface area contributed by atoms with Crippen LogP contribution in [0.1, 0.15) is 16.7 Å². The van der Waals surface area contributed by atoms with Crippen LogP contribution in [0, 0.1) is 6.92 Å². The van der Waals surface area contributed by atoms with E-state index in [1.54, 1.807) is 11.0 Å². The van der Waals surface area contributed by atoms with Crippen molar-refractivity contribution in [2.24, 2.45) is 10.2 Å². The van der Waals surface area contributed by atoms with Crippen molar-refractivity contribution in [2.75, 3.05) is 6.54 Å². The molecule has 0 aromatic heterocycles. The molecule has 168 valence electrons. The van der Waals surface area contributed by atoms with E-state index in [0.717, 1.165) is 27.1 Å². The average molecular weight is 464 g/mol. The van der Waals surface area contributed by atoms with E-state index in [0.29, 0.717) is 18.1 Å². The SMILES string of the molecule is C=CCN1C(=O)C(Cc2ccccc2C)SC1=NN=Cc1c2ccccc2cc2ccccc12. The molecule has 1 unspecified atom stereocenters. The smallest absolute Gasteiger partial charge is 0.242 e. The highest BCUT2D eigenvalue weighted by atomic mass is 32.2. The lowest BCUT2D eigenvalue weighted by atomic mass is 9.97. The van der Waals surface area contributed by atoms with Gasteiger partial charge in [0.05, 0.1) is 11.5 Å². The zero-order valence-corrected chi connectivity index (χ0v) is 19.8. The van der Waals surface area contributed by atoms with Crippen LogP contribution in [-0.4, -0.2) is 34.0 Å². The third-order valence-corrected chi connectivity index (χ3v) is 7.31. The zero-order chi connectivity index (χ0) is 23.5. The standard InChI is InChI=1S/C29H25N3OS/c1-3-16-32-28(33)27(18-21-11-5-4-10-20(21)2)34-29(32)31-30-19-26-24-14-8-6-12-22(24)17-23-13-7-9-15-25(23)26/h3-15,17,19,27H,1,16,18H2,2H3. The Bertz CT molecular complexity index is 1400. The molecule has 1 aliphatic rings. The molecule has 34 heavy (non-hydrogen) atoms. The number of hydrogen-bond acceptors (Lipinski definition) is 4. The molecule has 5 heteroatoms. The molecular formula is C29H25N3OS. The topological polar surface area (TPSA) is 45.0 Å². The van der Waals surface area contributed by atoms with Gasteiger partial charge in [-0.1, -0.05) is 90.6 Å². The van der Waals surface area contributed by atoms with E-state index in [1.165, 1.54) is 22.9 Å². The number of thioether (sulfide) groups is 1. The average Bonchev–Trinajstić information content (AvgIpc) is 3.14. The lowest BCUT2D eigenvalue weighted by Gasteiger charge is -2.13. The summed E-state index contributed by atoms with van der Waals surface area (Å²) >= 11 is 1.48. The summed E-state index contributed by atoms with van der Waals surface area (Å²) in [6.45, 7) is 6.31. The van der Waals surface area contributed by atoms with Crippen LogP contribution in [0.3, 0.4) is 0 Å². The summed E-state index contributed by atoms with van der Waals surface area (Å²) in [5, 5.41) is 13.9. The van der Waals surface area contributed by atoms with E-state index in [-0.39, 0.29) is 11.2 Å². The Labute approximate surface area is 203 Å². The number of carbonyl (C=O) groups is 1. The second-order valence-corrected chi connectivity index (χ2v) is 9.50. The van der Waals surface area contributed by atoms with E-state index in [2.05, 4.69) is 66.2 Å². The van der Waals surface area contributed by atoms with Gasteiger partial charge in [0.1, 0.15) is 0 Å². The normalized spacial score (nSPS) is 17.4. The highest BCUT2D eigenvalue weighted by molar-refractivity contribution is 8.15. The van der Waals surface area contributed by atoms with Crippen LogP contribution >= 0.6 is 11.8 Å². The van der Waals surface area contributed by atoms with Crippen LogP contribution in [0.2, 0.25) is 0 Å². The third kappa shape index (κ3) is 4.27. The maximum Gasteiger partial charge on any atom is 0.242 e. The number of aryl methyl sites for hydroxylation is 1. The molecule has 0 radical (unpaired) electrons. The second kappa shape index (κ2) is 9.65. The van der Waals surface area contributed by atoms with E-state index < -0.39 is 0 Å². The monoisotopic (exact) mass is 463 g/mol. The van der Waals surface area contributed by atoms with Gasteiger partial charge < -0.3 is 0 Å². The van der Waals surface area contributed by atoms with E-state index >= 15 is 0 Å². The van der Waals surface area contributed by atoms with Gasteiger partial charge in [-0.3, -0.25) is 9.69 Å². The lowest BCUT2D eigenvalue weighted by Crippen LogP contribution is -2.32. The quantitative estimate of drug-likeness (QED) is 0.144. The van der Waals surface area contributed by atoms with Crippen molar-refractivity contribution in [3.63, 3.8) is 0 Å². The first-order chi connectivity index (χ1) is 16.7. The number of nitrogens with zero attached hydrogens (tertiary/aromatic N) is 3. The number of amides is 1. The molecule has 1 atom stereocenters. The summed E-state index contributed by atoms with van der Waals surface area (Å²) in [6.07, 6.45) is 4.20. The minimum absolute atomic E-state index is 0.0534. The van der Waals surface area contributed by atoms with Crippen molar-refractivity contribution in [3.05, 3.63) is 108 Å². The fraction of sp³-hybridized carbons (Fsp3) is 0.138. The first-order valence-electron chi connectivity index (χ1n) is 11.3. The summed E-state index contributed by atoms with van der Waals surface area (Å²) in [4.78, 5) is 14.8. The van der Waals surface area contributed by atoms with E-state index in [1.807, 2.05) is 42.6 Å². The van der Waals surface area contributed by atoms with Crippen LogP contribution in [-0.2, 0) is 11.2 Å². The molecule has 0 N–H and O–H groups in total.